The van der Waals surface area contributed by atoms with Crippen molar-refractivity contribution in [2.75, 3.05) is 0 Å². The summed E-state index contributed by atoms with van der Waals surface area (Å²) in [5, 5.41) is 7.67. The maximum absolute atomic E-state index is 12.5. The van der Waals surface area contributed by atoms with E-state index in [1.165, 1.54) is 0 Å². The number of carbonyl (C=O) groups excluding carboxylic acids is 1. The normalized spacial score (nSPS) is 16.7. The molecular formula is C20H24N4O2. The van der Waals surface area contributed by atoms with Crippen LogP contribution < -0.4 is 5.32 Å². The molecule has 1 aliphatic rings. The van der Waals surface area contributed by atoms with E-state index in [1.807, 2.05) is 37.4 Å². The van der Waals surface area contributed by atoms with Gasteiger partial charge in [0.25, 0.3) is 0 Å². The Kier molecular flexibility index (Phi) is 4.26. The second-order valence-electron chi connectivity index (χ2n) is 7.13. The Morgan fingerprint density at radius 1 is 1.38 bits per heavy atom. The van der Waals surface area contributed by atoms with E-state index in [-0.39, 0.29) is 11.9 Å². The van der Waals surface area contributed by atoms with Gasteiger partial charge in [-0.25, -0.2) is 9.50 Å². The molecule has 0 spiro atoms. The summed E-state index contributed by atoms with van der Waals surface area (Å²) >= 11 is 0. The van der Waals surface area contributed by atoms with Crippen molar-refractivity contribution in [3.05, 3.63) is 52.4 Å². The predicted octanol–water partition coefficient (Wildman–Crippen LogP) is 3.37. The topological polar surface area (TPSA) is 72.4 Å². The number of rotatable bonds is 4. The molecule has 0 saturated carbocycles. The van der Waals surface area contributed by atoms with Gasteiger partial charge in [0, 0.05) is 35.9 Å². The van der Waals surface area contributed by atoms with E-state index in [0.29, 0.717) is 12.8 Å². The van der Waals surface area contributed by atoms with Gasteiger partial charge in [-0.1, -0.05) is 0 Å². The third-order valence-electron chi connectivity index (χ3n) is 5.28. The van der Waals surface area contributed by atoms with Crippen molar-refractivity contribution >= 4 is 11.6 Å². The molecule has 4 rings (SSSR count). The van der Waals surface area contributed by atoms with Crippen LogP contribution in [0.4, 0.5) is 0 Å². The van der Waals surface area contributed by atoms with Crippen LogP contribution in [-0.2, 0) is 17.6 Å². The van der Waals surface area contributed by atoms with Gasteiger partial charge < -0.3 is 9.73 Å². The molecule has 6 heteroatoms. The van der Waals surface area contributed by atoms with Gasteiger partial charge in [0.15, 0.2) is 5.65 Å². The average Bonchev–Trinajstić information content (AvgIpc) is 3.21. The summed E-state index contributed by atoms with van der Waals surface area (Å²) in [5.41, 5.74) is 6.07. The molecule has 1 N–H and O–H groups in total. The number of aryl methyl sites for hydroxylation is 4. The molecule has 0 saturated heterocycles. The Balaban J connectivity index is 1.46. The Labute approximate surface area is 152 Å². The van der Waals surface area contributed by atoms with E-state index in [9.17, 15) is 4.79 Å². The van der Waals surface area contributed by atoms with E-state index in [1.54, 1.807) is 6.26 Å². The molecule has 0 fully saturated rings. The van der Waals surface area contributed by atoms with Crippen LogP contribution >= 0.6 is 0 Å². The molecule has 3 aromatic rings. The molecule has 136 valence electrons. The maximum atomic E-state index is 12.5. The number of fused-ring (bicyclic) bond motifs is 2. The van der Waals surface area contributed by atoms with Gasteiger partial charge in [0.2, 0.25) is 5.91 Å². The summed E-state index contributed by atoms with van der Waals surface area (Å²) in [4.78, 5) is 17.2. The molecular weight excluding hydrogens is 328 g/mol. The van der Waals surface area contributed by atoms with Crippen LogP contribution in [0.3, 0.4) is 0 Å². The fourth-order valence-corrected chi connectivity index (χ4v) is 3.94. The number of aromatic nitrogens is 3. The van der Waals surface area contributed by atoms with Gasteiger partial charge in [-0.2, -0.15) is 5.10 Å². The average molecular weight is 352 g/mol. The third kappa shape index (κ3) is 3.00. The van der Waals surface area contributed by atoms with Crippen molar-refractivity contribution < 1.29 is 9.21 Å². The lowest BCUT2D eigenvalue weighted by atomic mass is 9.93. The van der Waals surface area contributed by atoms with Crippen LogP contribution in [0, 0.1) is 20.8 Å². The zero-order chi connectivity index (χ0) is 18.3. The summed E-state index contributed by atoms with van der Waals surface area (Å²) < 4.78 is 7.37. The van der Waals surface area contributed by atoms with Crippen LogP contribution in [0.15, 0.2) is 22.8 Å². The van der Waals surface area contributed by atoms with E-state index < -0.39 is 0 Å². The smallest absolute Gasteiger partial charge is 0.220 e. The first-order valence-corrected chi connectivity index (χ1v) is 9.21. The minimum atomic E-state index is 0.0691. The number of carbonyl (C=O) groups is 1. The van der Waals surface area contributed by atoms with Crippen molar-refractivity contribution in [2.24, 2.45) is 0 Å². The monoisotopic (exact) mass is 352 g/mol. The summed E-state index contributed by atoms with van der Waals surface area (Å²) in [6, 6.07) is 4.02. The molecule has 0 radical (unpaired) electrons. The number of furan rings is 1. The van der Waals surface area contributed by atoms with E-state index in [2.05, 4.69) is 15.4 Å². The molecule has 1 atom stereocenters. The van der Waals surface area contributed by atoms with Crippen LogP contribution in [0.2, 0.25) is 0 Å². The SMILES string of the molecule is Cc1cc2nc(C)c(CCC(=O)N[C@@H]3CCCc4occc43)c(C)n2n1. The summed E-state index contributed by atoms with van der Waals surface area (Å²) in [5.74, 6) is 1.08. The minimum Gasteiger partial charge on any atom is -0.469 e. The van der Waals surface area contributed by atoms with Crippen LogP contribution in [0.5, 0.6) is 0 Å². The van der Waals surface area contributed by atoms with Crippen molar-refractivity contribution in [1.29, 1.82) is 0 Å². The lowest BCUT2D eigenvalue weighted by Crippen LogP contribution is -2.30. The molecule has 3 heterocycles. The Morgan fingerprint density at radius 3 is 3.08 bits per heavy atom. The second kappa shape index (κ2) is 6.59. The lowest BCUT2D eigenvalue weighted by Gasteiger charge is -2.22. The zero-order valence-electron chi connectivity index (χ0n) is 15.5. The number of nitrogens with one attached hydrogen (secondary N) is 1. The second-order valence-corrected chi connectivity index (χ2v) is 7.13. The fourth-order valence-electron chi connectivity index (χ4n) is 3.94. The van der Waals surface area contributed by atoms with Crippen molar-refractivity contribution in [3.8, 4) is 0 Å². The van der Waals surface area contributed by atoms with E-state index in [4.69, 9.17) is 4.42 Å². The van der Waals surface area contributed by atoms with Gasteiger partial charge in [0.1, 0.15) is 5.76 Å². The number of nitrogens with zero attached hydrogens (tertiary/aromatic N) is 3. The van der Waals surface area contributed by atoms with E-state index in [0.717, 1.165) is 58.9 Å². The van der Waals surface area contributed by atoms with E-state index >= 15 is 0 Å². The highest BCUT2D eigenvalue weighted by molar-refractivity contribution is 5.77. The Morgan fingerprint density at radius 2 is 2.23 bits per heavy atom. The van der Waals surface area contributed by atoms with Crippen LogP contribution in [-0.4, -0.2) is 20.5 Å². The van der Waals surface area contributed by atoms with Crippen LogP contribution in [0.1, 0.15) is 59.3 Å². The quantitative estimate of drug-likeness (QED) is 0.781. The molecule has 0 bridgehead atoms. The first-order valence-electron chi connectivity index (χ1n) is 9.21. The maximum Gasteiger partial charge on any atom is 0.220 e. The first kappa shape index (κ1) is 16.8. The Bertz CT molecular complexity index is 970. The highest BCUT2D eigenvalue weighted by atomic mass is 16.3. The van der Waals surface area contributed by atoms with Crippen molar-refractivity contribution in [1.82, 2.24) is 19.9 Å². The number of hydrogen-bond acceptors (Lipinski definition) is 4. The standard InChI is InChI=1S/C20H24N4O2/c1-12-11-19-21-13(2)15(14(3)24(19)23-12)7-8-20(25)22-17-5-4-6-18-16(17)9-10-26-18/h9-11,17H,4-8H2,1-3H3,(H,22,25)/t17-/m1/s1. The molecule has 1 amide bonds. The third-order valence-corrected chi connectivity index (χ3v) is 5.28. The lowest BCUT2D eigenvalue weighted by molar-refractivity contribution is -0.121. The highest BCUT2D eigenvalue weighted by Crippen LogP contribution is 2.30. The molecule has 0 aromatic carbocycles. The number of amides is 1. The summed E-state index contributed by atoms with van der Waals surface area (Å²) in [6.45, 7) is 6.01. The first-order chi connectivity index (χ1) is 12.5. The molecule has 0 aliphatic heterocycles. The van der Waals surface area contributed by atoms with Crippen molar-refractivity contribution in [3.63, 3.8) is 0 Å². The highest BCUT2D eigenvalue weighted by Gasteiger charge is 2.24. The van der Waals surface area contributed by atoms with Gasteiger partial charge in [-0.05, 0) is 51.7 Å². The summed E-state index contributed by atoms with van der Waals surface area (Å²) in [7, 11) is 0. The van der Waals surface area contributed by atoms with Gasteiger partial charge in [-0.15, -0.1) is 0 Å². The molecule has 3 aromatic heterocycles. The molecule has 1 aliphatic carbocycles. The number of hydrogen-bond donors (Lipinski definition) is 1. The molecule has 26 heavy (non-hydrogen) atoms. The van der Waals surface area contributed by atoms with Gasteiger partial charge in [-0.3, -0.25) is 4.79 Å². The van der Waals surface area contributed by atoms with Gasteiger partial charge >= 0.3 is 0 Å². The summed E-state index contributed by atoms with van der Waals surface area (Å²) in [6.07, 6.45) is 5.80. The zero-order valence-corrected chi connectivity index (χ0v) is 15.5. The Hall–Kier alpha value is -2.63. The van der Waals surface area contributed by atoms with Crippen LogP contribution in [0.25, 0.3) is 5.65 Å². The minimum absolute atomic E-state index is 0.0691. The largest absolute Gasteiger partial charge is 0.469 e. The fraction of sp³-hybridized carbons (Fsp3) is 0.450. The predicted molar refractivity (Wildman–Crippen MR) is 98.0 cm³/mol. The molecule has 0 unspecified atom stereocenters. The molecule has 6 nitrogen and oxygen atoms in total. The van der Waals surface area contributed by atoms with Gasteiger partial charge in [0.05, 0.1) is 18.0 Å². The van der Waals surface area contributed by atoms with Crippen molar-refractivity contribution in [2.45, 2.75) is 58.9 Å².